The molecule has 25 heavy (non-hydrogen) atoms. The molecule has 1 aliphatic carbocycles. The van der Waals surface area contributed by atoms with Crippen molar-refractivity contribution >= 4 is 23.3 Å². The lowest BCUT2D eigenvalue weighted by molar-refractivity contribution is 0.207. The predicted octanol–water partition coefficient (Wildman–Crippen LogP) is 3.14. The van der Waals surface area contributed by atoms with Crippen molar-refractivity contribution in [3.05, 3.63) is 64.1 Å². The van der Waals surface area contributed by atoms with E-state index in [1.165, 1.54) is 7.05 Å². The van der Waals surface area contributed by atoms with E-state index < -0.39 is 6.03 Å². The van der Waals surface area contributed by atoms with Crippen LogP contribution in [-0.2, 0) is 11.3 Å². The number of carbonyl (C=O) groups excluding carboxylic acids is 1. The third kappa shape index (κ3) is 4.54. The largest absolute Gasteiger partial charge is 0.512 e. The Labute approximate surface area is 151 Å². The number of nitrogens with two attached hydrogens (primary N) is 2. The average Bonchev–Trinajstić information content (AvgIpc) is 2.72. The van der Waals surface area contributed by atoms with Gasteiger partial charge in [-0.15, -0.1) is 0 Å². The van der Waals surface area contributed by atoms with Gasteiger partial charge < -0.3 is 9.84 Å². The number of amides is 2. The number of benzene rings is 1. The molecule has 1 aromatic rings. The summed E-state index contributed by atoms with van der Waals surface area (Å²) in [6.45, 7) is 1.92. The fraction of sp³-hybridized carbons (Fsp3) is 0.235. The zero-order valence-electron chi connectivity index (χ0n) is 14.1. The van der Waals surface area contributed by atoms with Crippen molar-refractivity contribution < 1.29 is 14.6 Å². The predicted molar refractivity (Wildman–Crippen MR) is 97.4 cm³/mol. The third-order valence-electron chi connectivity index (χ3n) is 3.60. The molecule has 0 spiro atoms. The molecule has 5 N–H and O–H groups in total. The number of hydrazine groups is 2. The quantitative estimate of drug-likeness (QED) is 0.432. The van der Waals surface area contributed by atoms with E-state index in [1.54, 1.807) is 36.4 Å². The molecule has 7 nitrogen and oxygen atoms in total. The fourth-order valence-electron chi connectivity index (χ4n) is 2.30. The molecule has 0 unspecified atom stereocenters. The van der Waals surface area contributed by atoms with E-state index in [0.29, 0.717) is 28.5 Å². The van der Waals surface area contributed by atoms with Crippen molar-refractivity contribution in [3.8, 4) is 0 Å². The van der Waals surface area contributed by atoms with E-state index >= 15 is 0 Å². The van der Waals surface area contributed by atoms with Gasteiger partial charge in [0.2, 0.25) is 0 Å². The molecule has 0 fully saturated rings. The molecule has 2 amide bonds. The number of hydrogen-bond donors (Lipinski definition) is 3. The normalized spacial score (nSPS) is 14.0. The maximum Gasteiger partial charge on any atom is 0.352 e. The Morgan fingerprint density at radius 1 is 1.40 bits per heavy atom. The van der Waals surface area contributed by atoms with Crippen LogP contribution in [0.4, 0.5) is 10.5 Å². The lowest BCUT2D eigenvalue weighted by atomic mass is 10.1. The van der Waals surface area contributed by atoms with Crippen LogP contribution >= 0.6 is 11.6 Å². The Balaban J connectivity index is 2.28. The minimum absolute atomic E-state index is 0.0931. The van der Waals surface area contributed by atoms with E-state index in [2.05, 4.69) is 0 Å². The summed E-state index contributed by atoms with van der Waals surface area (Å²) in [7, 11) is 1.40. The van der Waals surface area contributed by atoms with E-state index in [9.17, 15) is 9.90 Å². The van der Waals surface area contributed by atoms with Gasteiger partial charge in [0.15, 0.2) is 0 Å². The fourth-order valence-corrected chi connectivity index (χ4v) is 2.52. The number of nitrogens with zero attached hydrogens (tertiary/aromatic N) is 2. The first-order valence-corrected chi connectivity index (χ1v) is 7.93. The molecule has 0 aromatic heterocycles. The molecule has 134 valence electrons. The summed E-state index contributed by atoms with van der Waals surface area (Å²) in [5.41, 5.74) is 1.72. The highest BCUT2D eigenvalue weighted by atomic mass is 35.5. The molecule has 0 bridgehead atoms. The van der Waals surface area contributed by atoms with Gasteiger partial charge in [-0.3, -0.25) is 5.01 Å². The summed E-state index contributed by atoms with van der Waals surface area (Å²) in [4.78, 5) is 12.0. The number of rotatable bonds is 4. The van der Waals surface area contributed by atoms with Gasteiger partial charge in [0.05, 0.1) is 11.4 Å². The molecular weight excluding hydrogens is 344 g/mol. The average molecular weight is 365 g/mol. The maximum atomic E-state index is 12.0. The summed E-state index contributed by atoms with van der Waals surface area (Å²) in [5.74, 6) is 12.2. The second-order valence-electron chi connectivity index (χ2n) is 5.58. The molecule has 0 heterocycles. The Morgan fingerprint density at radius 2 is 2.12 bits per heavy atom. The lowest BCUT2D eigenvalue weighted by Crippen LogP contribution is -2.49. The molecular formula is C17H21ClN4O3. The van der Waals surface area contributed by atoms with Crippen LogP contribution in [0.5, 0.6) is 0 Å². The number of anilines is 1. The topological polar surface area (TPSA) is 105 Å². The molecule has 0 saturated carbocycles. The van der Waals surface area contributed by atoms with Gasteiger partial charge in [-0.05, 0) is 36.8 Å². The van der Waals surface area contributed by atoms with Gasteiger partial charge in [0.25, 0.3) is 0 Å². The van der Waals surface area contributed by atoms with E-state index in [-0.39, 0.29) is 12.4 Å². The molecule has 2 rings (SSSR count). The molecule has 8 heteroatoms. The molecule has 1 aromatic carbocycles. The second-order valence-corrected chi connectivity index (χ2v) is 5.99. The zero-order valence-corrected chi connectivity index (χ0v) is 14.8. The molecule has 0 aliphatic heterocycles. The number of halogens is 1. The Morgan fingerprint density at radius 3 is 2.80 bits per heavy atom. The van der Waals surface area contributed by atoms with Crippen LogP contribution in [0.1, 0.15) is 18.9 Å². The summed E-state index contributed by atoms with van der Waals surface area (Å²) < 4.78 is 5.84. The van der Waals surface area contributed by atoms with Crippen molar-refractivity contribution in [1.29, 1.82) is 0 Å². The molecule has 1 aliphatic rings. The van der Waals surface area contributed by atoms with Crippen LogP contribution in [-0.4, -0.2) is 23.2 Å². The van der Waals surface area contributed by atoms with Gasteiger partial charge in [-0.2, -0.15) is 0 Å². The van der Waals surface area contributed by atoms with Crippen LogP contribution in [0.3, 0.4) is 0 Å². The van der Waals surface area contributed by atoms with Crippen LogP contribution < -0.4 is 16.7 Å². The number of urea groups is 1. The van der Waals surface area contributed by atoms with Crippen molar-refractivity contribution in [3.63, 3.8) is 0 Å². The number of aliphatic hydroxyl groups is 1. The first-order chi connectivity index (χ1) is 11.8. The first-order valence-electron chi connectivity index (χ1n) is 7.55. The standard InChI is InChI=1S/C17H21ClN4O3/c1-11-9-12(23)5-3-8-16(11)25-10-13-14(18)6-4-7-15(13)22(20)17(24)21(2)19/h3-4,6-9,23H,5,10,19-20H2,1-2H3. The van der Waals surface area contributed by atoms with Gasteiger partial charge in [0, 0.05) is 24.1 Å². The van der Waals surface area contributed by atoms with E-state index in [1.807, 2.05) is 6.92 Å². The summed E-state index contributed by atoms with van der Waals surface area (Å²) in [6, 6.07) is 4.43. The van der Waals surface area contributed by atoms with Gasteiger partial charge >= 0.3 is 6.03 Å². The van der Waals surface area contributed by atoms with E-state index in [4.69, 9.17) is 28.0 Å². The molecule has 0 atom stereocenters. The van der Waals surface area contributed by atoms with Crippen LogP contribution in [0, 0.1) is 0 Å². The SMILES string of the molecule is CC1=C(OCc2c(Cl)cccc2N(N)C(=O)N(C)N)C=CCC(O)=C1. The summed E-state index contributed by atoms with van der Waals surface area (Å²) >= 11 is 6.26. The summed E-state index contributed by atoms with van der Waals surface area (Å²) in [5, 5.41) is 11.9. The van der Waals surface area contributed by atoms with Crippen LogP contribution in [0.25, 0.3) is 0 Å². The van der Waals surface area contributed by atoms with Crippen LogP contribution in [0.15, 0.2) is 53.5 Å². The smallest absolute Gasteiger partial charge is 0.352 e. The number of hydrogen-bond acceptors (Lipinski definition) is 5. The van der Waals surface area contributed by atoms with Gasteiger partial charge in [-0.25, -0.2) is 21.5 Å². The van der Waals surface area contributed by atoms with Gasteiger partial charge in [0.1, 0.15) is 12.4 Å². The van der Waals surface area contributed by atoms with Gasteiger partial charge in [-0.1, -0.05) is 23.7 Å². The van der Waals surface area contributed by atoms with Crippen molar-refractivity contribution in [1.82, 2.24) is 5.01 Å². The highest BCUT2D eigenvalue weighted by molar-refractivity contribution is 6.31. The highest BCUT2D eigenvalue weighted by Gasteiger charge is 2.20. The molecule has 0 radical (unpaired) electrons. The monoisotopic (exact) mass is 364 g/mol. The van der Waals surface area contributed by atoms with Crippen molar-refractivity contribution in [2.75, 3.05) is 12.1 Å². The number of carbonyl (C=O) groups is 1. The lowest BCUT2D eigenvalue weighted by Gasteiger charge is -2.24. The number of allylic oxidation sites excluding steroid dienone is 4. The Kier molecular flexibility index (Phi) is 6.08. The van der Waals surface area contributed by atoms with E-state index in [0.717, 1.165) is 15.6 Å². The summed E-state index contributed by atoms with van der Waals surface area (Å²) in [6.07, 6.45) is 5.67. The number of ether oxygens (including phenoxy) is 1. The van der Waals surface area contributed by atoms with Crippen molar-refractivity contribution in [2.24, 2.45) is 11.7 Å². The second kappa shape index (κ2) is 8.06. The van der Waals surface area contributed by atoms with Crippen LogP contribution in [0.2, 0.25) is 5.02 Å². The minimum atomic E-state index is -0.596. The molecule has 0 saturated heterocycles. The Hall–Kier alpha value is -2.48. The highest BCUT2D eigenvalue weighted by Crippen LogP contribution is 2.29. The first kappa shape index (κ1) is 18.9. The maximum absolute atomic E-state index is 12.0. The minimum Gasteiger partial charge on any atom is -0.512 e. The Bertz CT molecular complexity index is 756. The van der Waals surface area contributed by atoms with Crippen molar-refractivity contribution in [2.45, 2.75) is 20.0 Å². The zero-order chi connectivity index (χ0) is 18.6. The number of aliphatic hydroxyl groups excluding tert-OH is 1. The third-order valence-corrected chi connectivity index (χ3v) is 3.96.